The van der Waals surface area contributed by atoms with Crippen molar-refractivity contribution >= 4 is 19.8 Å². The molecule has 0 aliphatic carbocycles. The normalized spacial score (nSPS) is 13.7. The van der Waals surface area contributed by atoms with Gasteiger partial charge in [0.15, 0.2) is 6.10 Å². The number of quaternary nitrogens is 1. The monoisotopic (exact) mass is 760 g/mol. The fraction of sp³-hybridized carbons (Fsp3) is 0.905. The highest BCUT2D eigenvalue weighted by atomic mass is 31.2. The second-order valence-corrected chi connectivity index (χ2v) is 17.1. The van der Waals surface area contributed by atoms with Crippen molar-refractivity contribution in [3.8, 4) is 0 Å². The van der Waals surface area contributed by atoms with Gasteiger partial charge in [-0.05, 0) is 32.1 Å². The molecule has 0 saturated carbocycles. The van der Waals surface area contributed by atoms with Crippen LogP contribution in [-0.4, -0.2) is 70.0 Å². The zero-order valence-electron chi connectivity index (χ0n) is 34.5. The maximum atomic E-state index is 12.6. The van der Waals surface area contributed by atoms with Crippen molar-refractivity contribution in [2.24, 2.45) is 0 Å². The number of likely N-dealkylation sites (N-methyl/N-ethyl adjacent to an activating group) is 1. The first kappa shape index (κ1) is 50.8. The maximum absolute atomic E-state index is 12.6. The van der Waals surface area contributed by atoms with Crippen molar-refractivity contribution in [3.05, 3.63) is 12.2 Å². The Morgan fingerprint density at radius 2 is 1.00 bits per heavy atom. The van der Waals surface area contributed by atoms with E-state index in [-0.39, 0.29) is 32.0 Å². The zero-order chi connectivity index (χ0) is 38.6. The van der Waals surface area contributed by atoms with Gasteiger partial charge in [-0.25, -0.2) is 0 Å². The van der Waals surface area contributed by atoms with E-state index in [1.807, 2.05) is 21.1 Å². The smallest absolute Gasteiger partial charge is 0.306 e. The van der Waals surface area contributed by atoms with E-state index < -0.39 is 26.5 Å². The van der Waals surface area contributed by atoms with Crippen LogP contribution >= 0.6 is 7.82 Å². The summed E-state index contributed by atoms with van der Waals surface area (Å²) in [6.45, 7) is 4.19. The molecule has 0 spiro atoms. The Labute approximate surface area is 320 Å². The van der Waals surface area contributed by atoms with Gasteiger partial charge in [-0.2, -0.15) is 0 Å². The molecule has 308 valence electrons. The van der Waals surface area contributed by atoms with Crippen LogP contribution in [0.3, 0.4) is 0 Å². The average molecular weight is 760 g/mol. The Morgan fingerprint density at radius 3 is 1.48 bits per heavy atom. The third-order valence-corrected chi connectivity index (χ3v) is 10.2. The molecular weight excluding hydrogens is 677 g/mol. The summed E-state index contributed by atoms with van der Waals surface area (Å²) in [5.41, 5.74) is 0. The van der Waals surface area contributed by atoms with Gasteiger partial charge in [0.2, 0.25) is 0 Å². The van der Waals surface area contributed by atoms with Gasteiger partial charge in [-0.3, -0.25) is 14.2 Å². The first-order valence-corrected chi connectivity index (χ1v) is 22.9. The van der Waals surface area contributed by atoms with Crippen molar-refractivity contribution in [3.63, 3.8) is 0 Å². The lowest BCUT2D eigenvalue weighted by molar-refractivity contribution is -0.870. The van der Waals surface area contributed by atoms with Gasteiger partial charge in [0.05, 0.1) is 27.7 Å². The number of esters is 2. The van der Waals surface area contributed by atoms with E-state index in [4.69, 9.17) is 18.5 Å². The number of allylic oxidation sites excluding steroid dienone is 2. The minimum Gasteiger partial charge on any atom is -0.756 e. The maximum Gasteiger partial charge on any atom is 0.306 e. The summed E-state index contributed by atoms with van der Waals surface area (Å²) in [7, 11) is 1.17. The number of carbonyl (C=O) groups is 2. The summed E-state index contributed by atoms with van der Waals surface area (Å²) in [6, 6.07) is 0. The predicted octanol–water partition coefficient (Wildman–Crippen LogP) is 11.2. The summed E-state index contributed by atoms with van der Waals surface area (Å²) >= 11 is 0. The molecule has 0 fully saturated rings. The van der Waals surface area contributed by atoms with Crippen LogP contribution in [0.4, 0.5) is 0 Å². The minimum atomic E-state index is -4.62. The van der Waals surface area contributed by atoms with Gasteiger partial charge in [-0.15, -0.1) is 0 Å². The molecule has 0 aliphatic rings. The van der Waals surface area contributed by atoms with E-state index in [0.717, 1.165) is 57.8 Å². The lowest BCUT2D eigenvalue weighted by Gasteiger charge is -2.28. The van der Waals surface area contributed by atoms with Gasteiger partial charge in [0.25, 0.3) is 7.82 Å². The molecule has 10 heteroatoms. The number of hydrogen-bond acceptors (Lipinski definition) is 8. The van der Waals surface area contributed by atoms with Crippen LogP contribution in [0.5, 0.6) is 0 Å². The second-order valence-electron chi connectivity index (χ2n) is 15.7. The van der Waals surface area contributed by atoms with Crippen LogP contribution in [0, 0.1) is 0 Å². The standard InChI is InChI=1S/C42H82NO8P/c1-6-8-10-12-14-16-18-19-20-21-22-23-25-26-28-30-32-34-41(44)48-38-40(39-50-52(46,47)49-37-36-43(3,4)5)51-42(45)35-33-31-29-27-24-17-15-13-11-9-7-2/h13,15,40H,6-12,14,16-39H2,1-5H3/b15-13+/t40-/m0/s1. The van der Waals surface area contributed by atoms with Crippen LogP contribution in [0.25, 0.3) is 0 Å². The van der Waals surface area contributed by atoms with Crippen molar-refractivity contribution in [1.82, 2.24) is 0 Å². The quantitative estimate of drug-likeness (QED) is 0.0200. The summed E-state index contributed by atoms with van der Waals surface area (Å²) in [4.78, 5) is 37.4. The Balaban J connectivity index is 4.30. The molecule has 0 rings (SSSR count). The molecule has 2 atom stereocenters. The van der Waals surface area contributed by atoms with Crippen molar-refractivity contribution in [2.45, 2.75) is 200 Å². The highest BCUT2D eigenvalue weighted by molar-refractivity contribution is 7.45. The number of ether oxygens (including phenoxy) is 2. The van der Waals surface area contributed by atoms with Crippen molar-refractivity contribution in [2.75, 3.05) is 47.5 Å². The van der Waals surface area contributed by atoms with Crippen LogP contribution < -0.4 is 4.89 Å². The van der Waals surface area contributed by atoms with E-state index in [0.29, 0.717) is 17.4 Å². The van der Waals surface area contributed by atoms with Crippen LogP contribution in [0.2, 0.25) is 0 Å². The third kappa shape index (κ3) is 38.5. The number of nitrogens with zero attached hydrogens (tertiary/aromatic N) is 1. The third-order valence-electron chi connectivity index (χ3n) is 9.29. The van der Waals surface area contributed by atoms with E-state index >= 15 is 0 Å². The minimum absolute atomic E-state index is 0.0295. The molecule has 9 nitrogen and oxygen atoms in total. The summed E-state index contributed by atoms with van der Waals surface area (Å²) in [5.74, 6) is -0.838. The second kappa shape index (κ2) is 35.5. The number of phosphoric ester groups is 1. The molecule has 0 aromatic carbocycles. The van der Waals surface area contributed by atoms with E-state index in [1.165, 1.54) is 103 Å². The zero-order valence-corrected chi connectivity index (χ0v) is 35.4. The molecule has 0 bridgehead atoms. The number of unbranched alkanes of at least 4 members (excludes halogenated alkanes) is 23. The van der Waals surface area contributed by atoms with Crippen molar-refractivity contribution < 1.29 is 42.1 Å². The SMILES string of the molecule is CCCC/C=C/CCCCCCCC(=O)O[C@@H](COC(=O)CCCCCCCCCCCCCCCCCCC)COP(=O)([O-])OCC[N+](C)(C)C. The molecule has 0 amide bonds. The van der Waals surface area contributed by atoms with Gasteiger partial charge >= 0.3 is 11.9 Å². The van der Waals surface area contributed by atoms with Gasteiger partial charge < -0.3 is 27.9 Å². The van der Waals surface area contributed by atoms with Gasteiger partial charge in [0, 0.05) is 12.8 Å². The largest absolute Gasteiger partial charge is 0.756 e. The van der Waals surface area contributed by atoms with Crippen LogP contribution in [-0.2, 0) is 32.7 Å². The number of hydrogen-bond donors (Lipinski definition) is 0. The first-order valence-electron chi connectivity index (χ1n) is 21.4. The molecule has 0 N–H and O–H groups in total. The number of rotatable bonds is 39. The number of carbonyl (C=O) groups excluding carboxylic acids is 2. The Kier molecular flexibility index (Phi) is 34.6. The highest BCUT2D eigenvalue weighted by Crippen LogP contribution is 2.38. The highest BCUT2D eigenvalue weighted by Gasteiger charge is 2.21. The number of phosphoric acid groups is 1. The summed E-state index contributed by atoms with van der Waals surface area (Å²) in [5, 5.41) is 0. The summed E-state index contributed by atoms with van der Waals surface area (Å²) in [6.07, 6.45) is 35.2. The topological polar surface area (TPSA) is 111 Å². The molecule has 0 radical (unpaired) electrons. The van der Waals surface area contributed by atoms with Crippen LogP contribution in [0.15, 0.2) is 12.2 Å². The Hall–Kier alpha value is -1.25. The lowest BCUT2D eigenvalue weighted by atomic mass is 10.0. The van der Waals surface area contributed by atoms with E-state index in [2.05, 4.69) is 26.0 Å². The van der Waals surface area contributed by atoms with Crippen LogP contribution in [0.1, 0.15) is 194 Å². The van der Waals surface area contributed by atoms with E-state index in [9.17, 15) is 19.0 Å². The summed E-state index contributed by atoms with van der Waals surface area (Å²) < 4.78 is 33.8. The van der Waals surface area contributed by atoms with Gasteiger partial charge in [-0.1, -0.05) is 161 Å². The lowest BCUT2D eigenvalue weighted by Crippen LogP contribution is -2.37. The van der Waals surface area contributed by atoms with Crippen molar-refractivity contribution in [1.29, 1.82) is 0 Å². The predicted molar refractivity (Wildman–Crippen MR) is 213 cm³/mol. The molecule has 0 aromatic rings. The van der Waals surface area contributed by atoms with Gasteiger partial charge in [0.1, 0.15) is 19.8 Å². The average Bonchev–Trinajstić information content (AvgIpc) is 3.09. The Bertz CT molecular complexity index is 907. The fourth-order valence-electron chi connectivity index (χ4n) is 5.87. The van der Waals surface area contributed by atoms with E-state index in [1.54, 1.807) is 0 Å². The first-order chi connectivity index (χ1) is 25.0. The molecule has 0 heterocycles. The Morgan fingerprint density at radius 1 is 0.577 bits per heavy atom. The molecule has 52 heavy (non-hydrogen) atoms. The molecule has 0 aliphatic heterocycles. The molecule has 1 unspecified atom stereocenters. The molecule has 0 saturated heterocycles. The molecular formula is C42H82NO8P. The fourth-order valence-corrected chi connectivity index (χ4v) is 6.60. The molecule has 0 aromatic heterocycles.